The summed E-state index contributed by atoms with van der Waals surface area (Å²) in [5.41, 5.74) is 0.517. The molecule has 0 saturated carbocycles. The number of carbonyl (C=O) groups excluding carboxylic acids is 3. The third-order valence-corrected chi connectivity index (χ3v) is 3.05. The first-order valence-corrected chi connectivity index (χ1v) is 6.56. The second-order valence-corrected chi connectivity index (χ2v) is 4.65. The van der Waals surface area contributed by atoms with Crippen molar-refractivity contribution in [2.75, 3.05) is 13.2 Å². The molecule has 2 amide bonds. The number of amides is 2. The molecule has 1 aliphatic heterocycles. The molecule has 0 aromatic heterocycles. The first-order chi connectivity index (χ1) is 10.7. The van der Waals surface area contributed by atoms with Crippen molar-refractivity contribution >= 4 is 17.8 Å². The molecule has 2 rings (SSSR count). The highest BCUT2D eigenvalue weighted by Gasteiger charge is 2.42. The number of halogens is 3. The Balaban J connectivity index is 1.85. The minimum Gasteiger partial charge on any atom is -0.429 e. The lowest BCUT2D eigenvalue weighted by Crippen LogP contribution is -2.35. The van der Waals surface area contributed by atoms with Crippen LogP contribution in [0.5, 0.6) is 0 Å². The van der Waals surface area contributed by atoms with Gasteiger partial charge < -0.3 is 9.47 Å². The van der Waals surface area contributed by atoms with E-state index in [0.29, 0.717) is 0 Å². The zero-order valence-corrected chi connectivity index (χ0v) is 11.9. The number of nitrogens with zero attached hydrogens (tertiary/aromatic N) is 1. The summed E-state index contributed by atoms with van der Waals surface area (Å²) >= 11 is 0. The molecular formula is C14H12F3NO5. The van der Waals surface area contributed by atoms with Crippen molar-refractivity contribution in [3.63, 3.8) is 0 Å². The van der Waals surface area contributed by atoms with Gasteiger partial charge in [0, 0.05) is 0 Å². The number of rotatable bonds is 5. The van der Waals surface area contributed by atoms with Crippen LogP contribution in [0.2, 0.25) is 0 Å². The summed E-state index contributed by atoms with van der Waals surface area (Å²) in [5.74, 6) is -3.38. The Morgan fingerprint density at radius 1 is 1.17 bits per heavy atom. The summed E-state index contributed by atoms with van der Waals surface area (Å²) in [6, 6.07) is 6.24. The Bertz CT molecular complexity index is 609. The fraction of sp³-hybridized carbons (Fsp3) is 0.357. The Morgan fingerprint density at radius 2 is 1.70 bits per heavy atom. The maximum absolute atomic E-state index is 12.0. The highest BCUT2D eigenvalue weighted by atomic mass is 19.4. The van der Waals surface area contributed by atoms with E-state index in [4.69, 9.17) is 4.74 Å². The first-order valence-electron chi connectivity index (χ1n) is 6.56. The van der Waals surface area contributed by atoms with E-state index in [1.807, 2.05) is 0 Å². The second kappa shape index (κ2) is 6.37. The van der Waals surface area contributed by atoms with Crippen LogP contribution >= 0.6 is 0 Å². The van der Waals surface area contributed by atoms with Gasteiger partial charge in [-0.15, -0.1) is 0 Å². The highest BCUT2D eigenvalue weighted by molar-refractivity contribution is 6.21. The van der Waals surface area contributed by atoms with Gasteiger partial charge in [-0.2, -0.15) is 13.2 Å². The normalized spacial score (nSPS) is 15.6. The highest BCUT2D eigenvalue weighted by Crippen LogP contribution is 2.22. The predicted molar refractivity (Wildman–Crippen MR) is 69.4 cm³/mol. The number of esters is 1. The van der Waals surface area contributed by atoms with Gasteiger partial charge >= 0.3 is 12.1 Å². The maximum atomic E-state index is 12.0. The van der Waals surface area contributed by atoms with Crippen LogP contribution in [-0.4, -0.2) is 48.3 Å². The third kappa shape index (κ3) is 3.67. The molecule has 0 N–H and O–H groups in total. The fourth-order valence-electron chi connectivity index (χ4n) is 2.00. The summed E-state index contributed by atoms with van der Waals surface area (Å²) in [6.45, 7) is 0.671. The first kappa shape index (κ1) is 16.9. The molecule has 23 heavy (non-hydrogen) atoms. The molecule has 0 aliphatic carbocycles. The zero-order chi connectivity index (χ0) is 17.2. The van der Waals surface area contributed by atoms with Crippen LogP contribution in [0.25, 0.3) is 0 Å². The molecule has 0 spiro atoms. The molecule has 1 aromatic rings. The number of fused-ring (bicyclic) bond motifs is 1. The zero-order valence-electron chi connectivity index (χ0n) is 11.9. The van der Waals surface area contributed by atoms with Crippen LogP contribution in [-0.2, 0) is 14.3 Å². The maximum Gasteiger partial charge on any atom is 0.491 e. The molecule has 1 aromatic carbocycles. The number of hydrogen-bond donors (Lipinski definition) is 0. The van der Waals surface area contributed by atoms with Gasteiger partial charge in [-0.1, -0.05) is 12.1 Å². The summed E-state index contributed by atoms with van der Waals surface area (Å²) in [4.78, 5) is 35.5. The number of benzene rings is 1. The van der Waals surface area contributed by atoms with Gasteiger partial charge in [-0.25, -0.2) is 4.79 Å². The van der Waals surface area contributed by atoms with Gasteiger partial charge in [-0.3, -0.25) is 14.5 Å². The lowest BCUT2D eigenvalue weighted by atomic mass is 10.1. The number of hydrogen-bond acceptors (Lipinski definition) is 5. The number of ether oxygens (including phenoxy) is 2. The van der Waals surface area contributed by atoms with Gasteiger partial charge in [-0.05, 0) is 19.1 Å². The van der Waals surface area contributed by atoms with Gasteiger partial charge in [0.15, 0.2) is 0 Å². The summed E-state index contributed by atoms with van der Waals surface area (Å²) in [7, 11) is 0. The average molecular weight is 331 g/mol. The van der Waals surface area contributed by atoms with Crippen molar-refractivity contribution in [3.05, 3.63) is 35.4 Å². The van der Waals surface area contributed by atoms with Crippen molar-refractivity contribution in [2.24, 2.45) is 0 Å². The molecule has 0 bridgehead atoms. The largest absolute Gasteiger partial charge is 0.491 e. The van der Waals surface area contributed by atoms with Crippen LogP contribution in [0.4, 0.5) is 13.2 Å². The van der Waals surface area contributed by atoms with E-state index in [1.54, 1.807) is 12.1 Å². The molecule has 1 heterocycles. The number of carbonyl (C=O) groups is 3. The summed E-state index contributed by atoms with van der Waals surface area (Å²) < 4.78 is 44.9. The van der Waals surface area contributed by atoms with E-state index in [9.17, 15) is 27.6 Å². The van der Waals surface area contributed by atoms with Crippen LogP contribution in [0.1, 0.15) is 27.6 Å². The third-order valence-electron chi connectivity index (χ3n) is 3.05. The van der Waals surface area contributed by atoms with Crippen molar-refractivity contribution < 1.29 is 37.0 Å². The van der Waals surface area contributed by atoms with Gasteiger partial charge in [0.1, 0.15) is 0 Å². The Labute approximate surface area is 128 Å². The van der Waals surface area contributed by atoms with Crippen molar-refractivity contribution in [3.8, 4) is 0 Å². The quantitative estimate of drug-likeness (QED) is 0.467. The van der Waals surface area contributed by atoms with E-state index in [1.165, 1.54) is 12.1 Å². The fourth-order valence-corrected chi connectivity index (χ4v) is 2.00. The predicted octanol–water partition coefficient (Wildman–Crippen LogP) is 1.75. The molecule has 6 nitrogen and oxygen atoms in total. The lowest BCUT2D eigenvalue weighted by molar-refractivity contribution is -0.223. The standard InChI is InChI=1S/C14H12F3NO5/c1-8(23-13(21)14(15,16)17)22-7-6-18-11(19)9-4-2-3-5-10(9)12(18)20/h2-5,8H,6-7H2,1H3. The van der Waals surface area contributed by atoms with E-state index in [2.05, 4.69) is 4.74 Å². The van der Waals surface area contributed by atoms with Crippen LogP contribution in [0, 0.1) is 0 Å². The average Bonchev–Trinajstić information content (AvgIpc) is 2.71. The van der Waals surface area contributed by atoms with E-state index < -0.39 is 30.2 Å². The topological polar surface area (TPSA) is 72.9 Å². The SMILES string of the molecule is CC(OCCN1C(=O)c2ccccc2C1=O)OC(=O)C(F)(F)F. The van der Waals surface area contributed by atoms with Crippen molar-refractivity contribution in [2.45, 2.75) is 19.4 Å². The van der Waals surface area contributed by atoms with E-state index >= 15 is 0 Å². The molecule has 1 unspecified atom stereocenters. The number of alkyl halides is 3. The number of imide groups is 1. The molecule has 0 saturated heterocycles. The van der Waals surface area contributed by atoms with Crippen LogP contribution in [0.3, 0.4) is 0 Å². The second-order valence-electron chi connectivity index (χ2n) is 4.65. The lowest BCUT2D eigenvalue weighted by Gasteiger charge is -2.18. The van der Waals surface area contributed by atoms with Gasteiger partial charge in [0.2, 0.25) is 6.29 Å². The van der Waals surface area contributed by atoms with Gasteiger partial charge in [0.05, 0.1) is 24.3 Å². The monoisotopic (exact) mass is 331 g/mol. The minimum absolute atomic E-state index is 0.166. The van der Waals surface area contributed by atoms with Crippen LogP contribution < -0.4 is 0 Å². The molecule has 1 atom stereocenters. The van der Waals surface area contributed by atoms with Crippen LogP contribution in [0.15, 0.2) is 24.3 Å². The van der Waals surface area contributed by atoms with Gasteiger partial charge in [0.25, 0.3) is 11.8 Å². The molecular weight excluding hydrogens is 319 g/mol. The van der Waals surface area contributed by atoms with Crippen molar-refractivity contribution in [1.82, 2.24) is 4.90 Å². The Kier molecular flexibility index (Phi) is 4.69. The Hall–Kier alpha value is -2.42. The van der Waals surface area contributed by atoms with E-state index in [0.717, 1.165) is 11.8 Å². The summed E-state index contributed by atoms with van der Waals surface area (Å²) in [5, 5.41) is 0. The summed E-state index contributed by atoms with van der Waals surface area (Å²) in [6.07, 6.45) is -6.57. The molecule has 0 fully saturated rings. The van der Waals surface area contributed by atoms with Crippen molar-refractivity contribution in [1.29, 1.82) is 0 Å². The molecule has 1 aliphatic rings. The smallest absolute Gasteiger partial charge is 0.429 e. The Morgan fingerprint density at radius 3 is 2.17 bits per heavy atom. The molecule has 0 radical (unpaired) electrons. The molecule has 124 valence electrons. The minimum atomic E-state index is -5.11. The van der Waals surface area contributed by atoms with E-state index in [-0.39, 0.29) is 24.3 Å². The molecule has 9 heteroatoms.